The smallest absolute Gasteiger partial charge is 0.431 e. The molecule has 0 aliphatic rings. The summed E-state index contributed by atoms with van der Waals surface area (Å²) in [6.45, 7) is 0. The molecule has 0 amide bonds. The fourth-order valence-electron chi connectivity index (χ4n) is 1.67. The van der Waals surface area contributed by atoms with Crippen molar-refractivity contribution in [1.82, 2.24) is 4.98 Å². The Morgan fingerprint density at radius 1 is 1.00 bits per heavy atom. The van der Waals surface area contributed by atoms with E-state index in [4.69, 9.17) is 34.8 Å². The van der Waals surface area contributed by atoms with Gasteiger partial charge in [0, 0.05) is 11.6 Å². The van der Waals surface area contributed by atoms with Crippen molar-refractivity contribution in [2.45, 2.75) is 6.18 Å². The molecule has 0 saturated heterocycles. The number of alkyl halides is 3. The Morgan fingerprint density at radius 2 is 1.57 bits per heavy atom. The maximum Gasteiger partial charge on any atom is 0.431 e. The van der Waals surface area contributed by atoms with Gasteiger partial charge in [-0.3, -0.25) is 4.79 Å². The van der Waals surface area contributed by atoms with Gasteiger partial charge in [0.05, 0.1) is 20.6 Å². The molecule has 0 aliphatic heterocycles. The highest BCUT2D eigenvalue weighted by atomic mass is 35.5. The summed E-state index contributed by atoms with van der Waals surface area (Å²) < 4.78 is 37.6. The van der Waals surface area contributed by atoms with E-state index in [1.807, 2.05) is 0 Å². The van der Waals surface area contributed by atoms with Crippen LogP contribution in [0.3, 0.4) is 0 Å². The number of aromatic amines is 1. The lowest BCUT2D eigenvalue weighted by molar-refractivity contribution is -0.141. The van der Waals surface area contributed by atoms with Crippen LogP contribution in [0.2, 0.25) is 15.1 Å². The average molecular weight is 359 g/mol. The molecule has 0 radical (unpaired) electrons. The summed E-state index contributed by atoms with van der Waals surface area (Å²) in [5.41, 5.74) is -2.97. The van der Waals surface area contributed by atoms with Crippen LogP contribution in [0.4, 0.5) is 13.2 Å². The molecule has 0 bridgehead atoms. The van der Waals surface area contributed by atoms with Crippen molar-refractivity contribution in [1.29, 1.82) is 0 Å². The zero-order valence-electron chi connectivity index (χ0n) is 9.86. The zero-order valence-corrected chi connectivity index (χ0v) is 12.1. The first kappa shape index (κ1) is 16.0. The number of pyridine rings is 1. The largest absolute Gasteiger partial charge is 0.507 e. The molecule has 1 heterocycles. The SMILES string of the molecule is O=c1[nH]c(C(F)(F)F)cc(O)c1-c1cc(Cl)c(Cl)cc1Cl. The molecular weight excluding hydrogens is 353 g/mol. The zero-order chi connectivity index (χ0) is 15.9. The van der Waals surface area contributed by atoms with Crippen LogP contribution in [0.5, 0.6) is 5.75 Å². The normalized spacial score (nSPS) is 11.7. The molecule has 2 rings (SSSR count). The number of benzene rings is 1. The summed E-state index contributed by atoms with van der Waals surface area (Å²) in [4.78, 5) is 13.4. The van der Waals surface area contributed by atoms with Gasteiger partial charge in [-0.1, -0.05) is 34.8 Å². The molecule has 2 N–H and O–H groups in total. The monoisotopic (exact) mass is 357 g/mol. The Kier molecular flexibility index (Phi) is 4.15. The van der Waals surface area contributed by atoms with Gasteiger partial charge in [-0.05, 0) is 12.1 Å². The van der Waals surface area contributed by atoms with E-state index < -0.39 is 28.7 Å². The van der Waals surface area contributed by atoms with Crippen LogP contribution < -0.4 is 5.56 Å². The minimum Gasteiger partial charge on any atom is -0.507 e. The van der Waals surface area contributed by atoms with Crippen LogP contribution in [-0.2, 0) is 6.18 Å². The van der Waals surface area contributed by atoms with Crippen molar-refractivity contribution in [3.8, 4) is 16.9 Å². The van der Waals surface area contributed by atoms with Gasteiger partial charge in [-0.15, -0.1) is 0 Å². The maximum absolute atomic E-state index is 12.5. The summed E-state index contributed by atoms with van der Waals surface area (Å²) in [6, 6.07) is 2.80. The number of hydrogen-bond acceptors (Lipinski definition) is 2. The average Bonchev–Trinajstić information content (AvgIpc) is 2.33. The third-order valence-electron chi connectivity index (χ3n) is 2.60. The highest BCUT2D eigenvalue weighted by molar-refractivity contribution is 6.44. The molecule has 0 saturated carbocycles. The predicted octanol–water partition coefficient (Wildman–Crippen LogP) is 4.73. The molecule has 0 unspecified atom stereocenters. The van der Waals surface area contributed by atoms with Gasteiger partial charge in [-0.25, -0.2) is 0 Å². The van der Waals surface area contributed by atoms with Crippen molar-refractivity contribution in [3.05, 3.63) is 49.3 Å². The summed E-state index contributed by atoms with van der Waals surface area (Å²) in [5.74, 6) is -0.869. The van der Waals surface area contributed by atoms with E-state index in [2.05, 4.69) is 0 Å². The molecular formula is C12H5Cl3F3NO2. The first-order valence-electron chi connectivity index (χ1n) is 5.29. The van der Waals surface area contributed by atoms with E-state index in [1.54, 1.807) is 4.98 Å². The number of nitrogens with one attached hydrogen (secondary N) is 1. The van der Waals surface area contributed by atoms with E-state index in [0.717, 1.165) is 0 Å². The van der Waals surface area contributed by atoms with Crippen molar-refractivity contribution in [2.24, 2.45) is 0 Å². The predicted molar refractivity (Wildman–Crippen MR) is 74.2 cm³/mol. The Balaban J connectivity index is 2.72. The number of hydrogen-bond donors (Lipinski definition) is 2. The number of rotatable bonds is 1. The number of halogens is 6. The van der Waals surface area contributed by atoms with E-state index in [0.29, 0.717) is 6.07 Å². The number of aromatic hydroxyl groups is 1. The van der Waals surface area contributed by atoms with Crippen LogP contribution in [0, 0.1) is 0 Å². The third-order valence-corrected chi connectivity index (χ3v) is 3.63. The molecule has 0 fully saturated rings. The second kappa shape index (κ2) is 5.44. The van der Waals surface area contributed by atoms with Crippen LogP contribution in [0.25, 0.3) is 11.1 Å². The fourth-order valence-corrected chi connectivity index (χ4v) is 2.31. The summed E-state index contributed by atoms with van der Waals surface area (Å²) in [5, 5.41) is 9.82. The Bertz CT molecular complexity index is 772. The molecule has 1 aromatic heterocycles. The summed E-state index contributed by atoms with van der Waals surface area (Å²) in [7, 11) is 0. The van der Waals surface area contributed by atoms with Gasteiger partial charge in [0.1, 0.15) is 11.4 Å². The van der Waals surface area contributed by atoms with Crippen LogP contribution in [-0.4, -0.2) is 10.1 Å². The Hall–Kier alpha value is -1.37. The van der Waals surface area contributed by atoms with Gasteiger partial charge in [-0.2, -0.15) is 13.2 Å². The quantitative estimate of drug-likeness (QED) is 0.724. The van der Waals surface area contributed by atoms with Gasteiger partial charge < -0.3 is 10.1 Å². The molecule has 0 aliphatic carbocycles. The molecule has 112 valence electrons. The van der Waals surface area contributed by atoms with E-state index >= 15 is 0 Å². The molecule has 3 nitrogen and oxygen atoms in total. The third kappa shape index (κ3) is 3.12. The lowest BCUT2D eigenvalue weighted by Crippen LogP contribution is -2.17. The van der Waals surface area contributed by atoms with Crippen molar-refractivity contribution < 1.29 is 18.3 Å². The molecule has 9 heteroatoms. The first-order valence-corrected chi connectivity index (χ1v) is 6.43. The van der Waals surface area contributed by atoms with Gasteiger partial charge >= 0.3 is 6.18 Å². The minimum atomic E-state index is -4.80. The standard InChI is InChI=1S/C12H5Cl3F3NO2/c13-5-2-7(15)6(14)1-4(5)10-8(20)3-9(12(16,17)18)19-11(10)21/h1-3H,(H2,19,20,21). The van der Waals surface area contributed by atoms with Gasteiger partial charge in [0.15, 0.2) is 0 Å². The molecule has 21 heavy (non-hydrogen) atoms. The van der Waals surface area contributed by atoms with Crippen LogP contribution >= 0.6 is 34.8 Å². The van der Waals surface area contributed by atoms with Crippen molar-refractivity contribution in [2.75, 3.05) is 0 Å². The summed E-state index contributed by atoms with van der Waals surface area (Å²) >= 11 is 17.4. The number of H-pyrrole nitrogens is 1. The van der Waals surface area contributed by atoms with E-state index in [-0.39, 0.29) is 20.6 Å². The molecule has 1 aromatic carbocycles. The molecule has 0 spiro atoms. The lowest BCUT2D eigenvalue weighted by atomic mass is 10.1. The van der Waals surface area contributed by atoms with Crippen molar-refractivity contribution >= 4 is 34.8 Å². The van der Waals surface area contributed by atoms with Crippen LogP contribution in [0.15, 0.2) is 23.0 Å². The van der Waals surface area contributed by atoms with Gasteiger partial charge in [0.25, 0.3) is 5.56 Å². The van der Waals surface area contributed by atoms with E-state index in [1.165, 1.54) is 12.1 Å². The van der Waals surface area contributed by atoms with Crippen LogP contribution in [0.1, 0.15) is 5.69 Å². The highest BCUT2D eigenvalue weighted by Gasteiger charge is 2.33. The first-order chi connectivity index (χ1) is 9.61. The second-order valence-electron chi connectivity index (χ2n) is 4.02. The molecule has 2 aromatic rings. The highest BCUT2D eigenvalue weighted by Crippen LogP contribution is 2.38. The fraction of sp³-hybridized carbons (Fsp3) is 0.0833. The maximum atomic E-state index is 12.5. The topological polar surface area (TPSA) is 53.1 Å². The lowest BCUT2D eigenvalue weighted by Gasteiger charge is -2.11. The van der Waals surface area contributed by atoms with E-state index in [9.17, 15) is 23.1 Å². The van der Waals surface area contributed by atoms with Crippen molar-refractivity contribution in [3.63, 3.8) is 0 Å². The Morgan fingerprint density at radius 3 is 2.10 bits per heavy atom. The second-order valence-corrected chi connectivity index (χ2v) is 5.24. The summed E-state index contributed by atoms with van der Waals surface area (Å²) in [6.07, 6.45) is -4.80. The van der Waals surface area contributed by atoms with Gasteiger partial charge in [0.2, 0.25) is 0 Å². The Labute approximate surface area is 130 Å². The minimum absolute atomic E-state index is 0.0291. The number of aromatic nitrogens is 1. The molecule has 0 atom stereocenters.